The predicted octanol–water partition coefficient (Wildman–Crippen LogP) is 5.50. The van der Waals surface area contributed by atoms with Crippen molar-refractivity contribution < 1.29 is 18.0 Å². The van der Waals surface area contributed by atoms with E-state index in [9.17, 15) is 18.0 Å². The number of rotatable bonds is 4. The van der Waals surface area contributed by atoms with Crippen LogP contribution in [-0.2, 0) is 0 Å². The second kappa shape index (κ2) is 7.35. The number of alkyl halides is 2. The lowest BCUT2D eigenvalue weighted by molar-refractivity contribution is 0.103. The van der Waals surface area contributed by atoms with Crippen molar-refractivity contribution in [1.29, 1.82) is 0 Å². The van der Waals surface area contributed by atoms with Crippen molar-refractivity contribution >= 4 is 66.6 Å². The zero-order valence-corrected chi connectivity index (χ0v) is 18.0. The topological polar surface area (TPSA) is 35.9 Å². The minimum Gasteiger partial charge on any atom is -0.307 e. The Morgan fingerprint density at radius 1 is 1.29 bits per heavy atom. The van der Waals surface area contributed by atoms with Crippen LogP contribution in [0.25, 0.3) is 0 Å². The van der Waals surface area contributed by atoms with Crippen LogP contribution in [0.15, 0.2) is 38.2 Å². The van der Waals surface area contributed by atoms with Crippen molar-refractivity contribution in [2.45, 2.75) is 6.43 Å². The van der Waals surface area contributed by atoms with E-state index in [0.29, 0.717) is 39.4 Å². The molecule has 4 nitrogen and oxygen atoms in total. The van der Waals surface area contributed by atoms with E-state index in [0.717, 1.165) is 6.07 Å². The third-order valence-electron chi connectivity index (χ3n) is 4.51. The van der Waals surface area contributed by atoms with Gasteiger partial charge >= 0.3 is 0 Å². The average molecular weight is 538 g/mol. The van der Waals surface area contributed by atoms with Crippen LogP contribution >= 0.6 is 43.5 Å². The molecule has 0 saturated carbocycles. The molecule has 2 aromatic carbocycles. The third-order valence-corrected chi connectivity index (χ3v) is 6.24. The fourth-order valence-electron chi connectivity index (χ4n) is 3.38. The number of carbonyl (C=O) groups is 1. The first kappa shape index (κ1) is 19.7. The molecule has 0 N–H and O–H groups in total. The van der Waals surface area contributed by atoms with Gasteiger partial charge in [-0.1, -0.05) is 11.6 Å². The molecule has 0 aromatic heterocycles. The van der Waals surface area contributed by atoms with Gasteiger partial charge in [-0.25, -0.2) is 13.2 Å². The highest BCUT2D eigenvalue weighted by Crippen LogP contribution is 2.48. The highest BCUT2D eigenvalue weighted by atomic mass is 79.9. The van der Waals surface area contributed by atoms with Gasteiger partial charge < -0.3 is 9.80 Å². The molecular formula is C18H11Br2ClF3N3O. The molecular weight excluding hydrogens is 526 g/mol. The Balaban J connectivity index is 1.87. The van der Waals surface area contributed by atoms with Gasteiger partial charge in [0.2, 0.25) is 5.96 Å². The number of benzene rings is 2. The van der Waals surface area contributed by atoms with Gasteiger partial charge in [-0.05, 0) is 56.1 Å². The van der Waals surface area contributed by atoms with Crippen LogP contribution in [-0.4, -0.2) is 37.8 Å². The van der Waals surface area contributed by atoms with E-state index in [4.69, 9.17) is 11.6 Å². The zero-order chi connectivity index (χ0) is 20.2. The van der Waals surface area contributed by atoms with Crippen molar-refractivity contribution in [3.63, 3.8) is 0 Å². The van der Waals surface area contributed by atoms with E-state index in [1.807, 2.05) is 0 Å². The summed E-state index contributed by atoms with van der Waals surface area (Å²) in [5, 5.41) is 0.119. The fourth-order valence-corrected chi connectivity index (χ4v) is 5.25. The van der Waals surface area contributed by atoms with E-state index in [-0.39, 0.29) is 16.1 Å². The van der Waals surface area contributed by atoms with E-state index in [2.05, 4.69) is 36.9 Å². The van der Waals surface area contributed by atoms with E-state index < -0.39 is 24.6 Å². The van der Waals surface area contributed by atoms with Crippen LogP contribution < -0.4 is 9.80 Å². The van der Waals surface area contributed by atoms with Crippen molar-refractivity contribution in [2.24, 2.45) is 4.99 Å². The lowest BCUT2D eigenvalue weighted by Gasteiger charge is -2.18. The Morgan fingerprint density at radius 2 is 2.04 bits per heavy atom. The van der Waals surface area contributed by atoms with E-state index >= 15 is 0 Å². The smallest absolute Gasteiger partial charge is 0.256 e. The standard InChI is InChI=1S/C18H11Br2ClF3N3O/c19-10-6-12-16(26-4-3-25-18(26)27(12)7-13(23)24)15(20)14(10)17(28)9-5-8(22)1-2-11(9)21/h1-2,5-6,13H,3-4,7H2. The molecule has 0 atom stereocenters. The van der Waals surface area contributed by atoms with Crippen LogP contribution in [0, 0.1) is 5.82 Å². The average Bonchev–Trinajstić information content (AvgIpc) is 3.19. The Labute approximate surface area is 180 Å². The first-order valence-corrected chi connectivity index (χ1v) is 10.2. The van der Waals surface area contributed by atoms with Gasteiger partial charge in [0.15, 0.2) is 5.78 Å². The highest BCUT2D eigenvalue weighted by Gasteiger charge is 2.40. The number of aliphatic imine (C=N–C) groups is 1. The minimum absolute atomic E-state index is 0.0146. The molecule has 0 fully saturated rings. The highest BCUT2D eigenvalue weighted by molar-refractivity contribution is 9.11. The Morgan fingerprint density at radius 3 is 2.75 bits per heavy atom. The second-order valence-corrected chi connectivity index (χ2v) is 8.26. The van der Waals surface area contributed by atoms with E-state index in [1.165, 1.54) is 17.0 Å². The summed E-state index contributed by atoms with van der Waals surface area (Å²) < 4.78 is 40.7. The zero-order valence-electron chi connectivity index (χ0n) is 14.0. The van der Waals surface area contributed by atoms with Gasteiger partial charge in [0.1, 0.15) is 5.82 Å². The SMILES string of the molecule is O=C(c1cc(F)ccc1Cl)c1c(Br)cc2c(c1Br)N1CCN=C1N2CC(F)F. The summed E-state index contributed by atoms with van der Waals surface area (Å²) in [4.78, 5) is 20.7. The first-order valence-electron chi connectivity index (χ1n) is 8.19. The van der Waals surface area contributed by atoms with Crippen molar-refractivity contribution in [3.8, 4) is 0 Å². The Bertz CT molecular complexity index is 1030. The molecule has 0 radical (unpaired) electrons. The van der Waals surface area contributed by atoms with Crippen molar-refractivity contribution in [1.82, 2.24) is 0 Å². The molecule has 2 aliphatic heterocycles. The molecule has 2 heterocycles. The predicted molar refractivity (Wildman–Crippen MR) is 110 cm³/mol. The maximum atomic E-state index is 13.7. The normalized spacial score (nSPS) is 15.2. The number of hydrogen-bond donors (Lipinski definition) is 0. The summed E-state index contributed by atoms with van der Waals surface area (Å²) in [6.07, 6.45) is -2.55. The molecule has 0 unspecified atom stereocenters. The van der Waals surface area contributed by atoms with Crippen LogP contribution in [0.2, 0.25) is 5.02 Å². The largest absolute Gasteiger partial charge is 0.307 e. The number of anilines is 2. The van der Waals surface area contributed by atoms with Gasteiger partial charge in [0.25, 0.3) is 6.43 Å². The molecule has 0 amide bonds. The van der Waals surface area contributed by atoms with Crippen LogP contribution in [0.3, 0.4) is 0 Å². The maximum Gasteiger partial charge on any atom is 0.256 e. The van der Waals surface area contributed by atoms with Crippen molar-refractivity contribution in [3.05, 3.63) is 55.2 Å². The molecule has 2 aromatic rings. The summed E-state index contributed by atoms with van der Waals surface area (Å²) in [6, 6.07) is 5.16. The monoisotopic (exact) mass is 535 g/mol. The molecule has 4 rings (SSSR count). The Hall–Kier alpha value is -1.58. The molecule has 0 saturated heterocycles. The minimum atomic E-state index is -2.55. The second-order valence-electron chi connectivity index (χ2n) is 6.20. The van der Waals surface area contributed by atoms with Gasteiger partial charge in [0.05, 0.1) is 39.5 Å². The number of guanidine groups is 1. The van der Waals surface area contributed by atoms with Gasteiger partial charge in [0, 0.05) is 16.6 Å². The van der Waals surface area contributed by atoms with Gasteiger partial charge in [-0.3, -0.25) is 9.79 Å². The van der Waals surface area contributed by atoms with Crippen LogP contribution in [0.5, 0.6) is 0 Å². The van der Waals surface area contributed by atoms with Gasteiger partial charge in [-0.15, -0.1) is 0 Å². The summed E-state index contributed by atoms with van der Waals surface area (Å²) in [5.74, 6) is -0.648. The first-order chi connectivity index (χ1) is 13.3. The molecule has 10 heteroatoms. The number of hydrogen-bond acceptors (Lipinski definition) is 4. The molecule has 0 spiro atoms. The number of nitrogens with zero attached hydrogens (tertiary/aromatic N) is 3. The lowest BCUT2D eigenvalue weighted by atomic mass is 10.0. The summed E-state index contributed by atoms with van der Waals surface area (Å²) in [7, 11) is 0. The summed E-state index contributed by atoms with van der Waals surface area (Å²) in [5.41, 5.74) is 1.34. The van der Waals surface area contributed by atoms with Crippen molar-refractivity contribution in [2.75, 3.05) is 29.4 Å². The number of fused-ring (bicyclic) bond motifs is 3. The third kappa shape index (κ3) is 3.13. The molecule has 0 aliphatic carbocycles. The molecule has 0 bridgehead atoms. The number of halogens is 6. The molecule has 28 heavy (non-hydrogen) atoms. The van der Waals surface area contributed by atoms with Crippen LogP contribution in [0.1, 0.15) is 15.9 Å². The molecule has 2 aliphatic rings. The summed E-state index contributed by atoms with van der Waals surface area (Å²) >= 11 is 12.9. The maximum absolute atomic E-state index is 13.7. The number of ketones is 1. The quantitative estimate of drug-likeness (QED) is 0.484. The van der Waals surface area contributed by atoms with Gasteiger partial charge in [-0.2, -0.15) is 0 Å². The lowest BCUT2D eigenvalue weighted by Crippen LogP contribution is -2.38. The fraction of sp³-hybridized carbons (Fsp3) is 0.222. The number of carbonyl (C=O) groups excluding carboxylic acids is 1. The van der Waals surface area contributed by atoms with E-state index in [1.54, 1.807) is 11.0 Å². The summed E-state index contributed by atoms with van der Waals surface area (Å²) in [6.45, 7) is 0.469. The van der Waals surface area contributed by atoms with Crippen LogP contribution in [0.4, 0.5) is 24.5 Å². The molecule has 146 valence electrons. The Kier molecular flexibility index (Phi) is 5.18.